The van der Waals surface area contributed by atoms with Gasteiger partial charge >= 0.3 is 0 Å². The van der Waals surface area contributed by atoms with Gasteiger partial charge in [-0.25, -0.2) is 0 Å². The van der Waals surface area contributed by atoms with Crippen LogP contribution >= 0.6 is 17.0 Å². The molecule has 0 radical (unpaired) electrons. The molecule has 1 aromatic rings. The van der Waals surface area contributed by atoms with E-state index in [1.165, 1.54) is 5.56 Å². The van der Waals surface area contributed by atoms with Crippen LogP contribution in [0.15, 0.2) is 24.3 Å². The van der Waals surface area contributed by atoms with Gasteiger partial charge in [0.05, 0.1) is 0 Å². The van der Waals surface area contributed by atoms with E-state index < -0.39 is 0 Å². The molecule has 0 aliphatic carbocycles. The van der Waals surface area contributed by atoms with Gasteiger partial charge in [0.25, 0.3) is 0 Å². The highest BCUT2D eigenvalue weighted by Gasteiger charge is 2.21. The standard InChI is InChI=1S/C11H14N2.BrH/c1-2-7-13-8-9-5-3-4-6-10(9)11(13)12;/h3-6,12H,2,7-8H2,1H3;1H. The van der Waals surface area contributed by atoms with Crippen molar-refractivity contribution in [2.75, 3.05) is 6.54 Å². The molecule has 0 saturated heterocycles. The first-order valence-corrected chi connectivity index (χ1v) is 4.74. The van der Waals surface area contributed by atoms with Gasteiger partial charge < -0.3 is 4.90 Å². The van der Waals surface area contributed by atoms with E-state index in [4.69, 9.17) is 5.41 Å². The minimum atomic E-state index is 0. The van der Waals surface area contributed by atoms with Gasteiger partial charge in [0.1, 0.15) is 5.84 Å². The molecular formula is C11H15BrN2. The summed E-state index contributed by atoms with van der Waals surface area (Å²) in [5.74, 6) is 0.692. The Morgan fingerprint density at radius 3 is 2.71 bits per heavy atom. The van der Waals surface area contributed by atoms with E-state index >= 15 is 0 Å². The maximum absolute atomic E-state index is 7.92. The molecule has 0 bridgehead atoms. The van der Waals surface area contributed by atoms with Gasteiger partial charge in [0.15, 0.2) is 0 Å². The monoisotopic (exact) mass is 254 g/mol. The Morgan fingerprint density at radius 1 is 1.36 bits per heavy atom. The zero-order valence-corrected chi connectivity index (χ0v) is 10.00. The zero-order chi connectivity index (χ0) is 9.26. The molecule has 0 aromatic heterocycles. The zero-order valence-electron chi connectivity index (χ0n) is 8.29. The van der Waals surface area contributed by atoms with Crippen LogP contribution in [0.25, 0.3) is 0 Å². The van der Waals surface area contributed by atoms with Gasteiger partial charge in [-0.05, 0) is 12.0 Å². The first kappa shape index (κ1) is 11.2. The van der Waals surface area contributed by atoms with Crippen molar-refractivity contribution in [3.63, 3.8) is 0 Å². The molecular weight excluding hydrogens is 240 g/mol. The quantitative estimate of drug-likeness (QED) is 0.864. The highest BCUT2D eigenvalue weighted by molar-refractivity contribution is 8.93. The van der Waals surface area contributed by atoms with Crippen LogP contribution < -0.4 is 0 Å². The van der Waals surface area contributed by atoms with Gasteiger partial charge in [-0.3, -0.25) is 5.41 Å². The molecule has 0 amide bonds. The second-order valence-corrected chi connectivity index (χ2v) is 3.43. The number of halogens is 1. The van der Waals surface area contributed by atoms with Gasteiger partial charge in [-0.15, -0.1) is 17.0 Å². The number of hydrogen-bond donors (Lipinski definition) is 1. The summed E-state index contributed by atoms with van der Waals surface area (Å²) in [4.78, 5) is 2.13. The highest BCUT2D eigenvalue weighted by atomic mass is 79.9. The second-order valence-electron chi connectivity index (χ2n) is 3.43. The predicted octanol–water partition coefficient (Wildman–Crippen LogP) is 2.82. The van der Waals surface area contributed by atoms with Crippen LogP contribution in [0, 0.1) is 5.41 Å². The van der Waals surface area contributed by atoms with Crippen molar-refractivity contribution in [1.29, 1.82) is 5.41 Å². The summed E-state index contributed by atoms with van der Waals surface area (Å²) < 4.78 is 0. The lowest BCUT2D eigenvalue weighted by atomic mass is 10.1. The number of fused-ring (bicyclic) bond motifs is 1. The lowest BCUT2D eigenvalue weighted by Gasteiger charge is -2.15. The Balaban J connectivity index is 0.000000980. The third-order valence-electron chi connectivity index (χ3n) is 2.44. The fraction of sp³-hybridized carbons (Fsp3) is 0.364. The van der Waals surface area contributed by atoms with Crippen LogP contribution in [-0.4, -0.2) is 17.3 Å². The third-order valence-corrected chi connectivity index (χ3v) is 2.44. The molecule has 1 aliphatic heterocycles. The molecule has 1 N–H and O–H groups in total. The van der Waals surface area contributed by atoms with Crippen molar-refractivity contribution in [1.82, 2.24) is 4.90 Å². The average Bonchev–Trinajstić information content (AvgIpc) is 2.46. The van der Waals surface area contributed by atoms with E-state index in [2.05, 4.69) is 17.9 Å². The van der Waals surface area contributed by atoms with Crippen LogP contribution in [0.1, 0.15) is 24.5 Å². The number of rotatable bonds is 2. The Labute approximate surface area is 95.2 Å². The summed E-state index contributed by atoms with van der Waals surface area (Å²) in [6.07, 6.45) is 1.11. The first-order valence-electron chi connectivity index (χ1n) is 4.74. The number of nitrogens with one attached hydrogen (secondary N) is 1. The molecule has 14 heavy (non-hydrogen) atoms. The molecule has 2 nitrogen and oxygen atoms in total. The van der Waals surface area contributed by atoms with Crippen LogP contribution in [-0.2, 0) is 6.54 Å². The van der Waals surface area contributed by atoms with E-state index in [1.54, 1.807) is 0 Å². The second kappa shape index (κ2) is 4.60. The molecule has 0 atom stereocenters. The minimum absolute atomic E-state index is 0. The van der Waals surface area contributed by atoms with Crippen molar-refractivity contribution in [2.45, 2.75) is 19.9 Å². The Bertz CT molecular complexity index is 336. The molecule has 1 aliphatic rings. The van der Waals surface area contributed by atoms with Crippen LogP contribution in [0.5, 0.6) is 0 Å². The number of hydrogen-bond acceptors (Lipinski definition) is 1. The fourth-order valence-electron chi connectivity index (χ4n) is 1.81. The van der Waals surface area contributed by atoms with Crippen molar-refractivity contribution >= 4 is 22.8 Å². The smallest absolute Gasteiger partial charge is 0.128 e. The first-order chi connectivity index (χ1) is 6.33. The predicted molar refractivity (Wildman–Crippen MR) is 64.3 cm³/mol. The van der Waals surface area contributed by atoms with Crippen molar-refractivity contribution in [2.24, 2.45) is 0 Å². The van der Waals surface area contributed by atoms with Gasteiger partial charge in [0.2, 0.25) is 0 Å². The van der Waals surface area contributed by atoms with Gasteiger partial charge in [0, 0.05) is 18.7 Å². The lowest BCUT2D eigenvalue weighted by Crippen LogP contribution is -2.24. The Morgan fingerprint density at radius 2 is 2.07 bits per heavy atom. The molecule has 76 valence electrons. The lowest BCUT2D eigenvalue weighted by molar-refractivity contribution is 0.427. The normalized spacial score (nSPS) is 13.8. The molecule has 1 aromatic carbocycles. The Kier molecular flexibility index (Phi) is 3.69. The Hall–Kier alpha value is -0.830. The number of amidine groups is 1. The summed E-state index contributed by atoms with van der Waals surface area (Å²) >= 11 is 0. The fourth-order valence-corrected chi connectivity index (χ4v) is 1.81. The van der Waals surface area contributed by atoms with Gasteiger partial charge in [-0.2, -0.15) is 0 Å². The van der Waals surface area contributed by atoms with Crippen LogP contribution in [0.3, 0.4) is 0 Å². The summed E-state index contributed by atoms with van der Waals surface area (Å²) in [6.45, 7) is 4.06. The summed E-state index contributed by atoms with van der Waals surface area (Å²) in [5.41, 5.74) is 2.40. The number of nitrogens with zero attached hydrogens (tertiary/aromatic N) is 1. The maximum atomic E-state index is 7.92. The summed E-state index contributed by atoms with van der Waals surface area (Å²) in [6, 6.07) is 8.19. The minimum Gasteiger partial charge on any atom is -0.352 e. The molecule has 1 heterocycles. The topological polar surface area (TPSA) is 27.1 Å². The summed E-state index contributed by atoms with van der Waals surface area (Å²) in [5, 5.41) is 7.92. The third kappa shape index (κ3) is 1.82. The highest BCUT2D eigenvalue weighted by Crippen LogP contribution is 2.21. The van der Waals surface area contributed by atoms with Crippen LogP contribution in [0.4, 0.5) is 0 Å². The SMILES string of the molecule is Br.CCCN1Cc2ccccc2C1=N. The van der Waals surface area contributed by atoms with E-state index in [1.807, 2.05) is 18.2 Å². The van der Waals surface area contributed by atoms with Crippen molar-refractivity contribution in [3.8, 4) is 0 Å². The maximum Gasteiger partial charge on any atom is 0.128 e. The van der Waals surface area contributed by atoms with Crippen molar-refractivity contribution in [3.05, 3.63) is 35.4 Å². The van der Waals surface area contributed by atoms with E-state index in [9.17, 15) is 0 Å². The van der Waals surface area contributed by atoms with E-state index in [-0.39, 0.29) is 17.0 Å². The number of benzene rings is 1. The van der Waals surface area contributed by atoms with Gasteiger partial charge in [-0.1, -0.05) is 31.2 Å². The van der Waals surface area contributed by atoms with E-state index in [0.29, 0.717) is 5.84 Å². The average molecular weight is 255 g/mol. The van der Waals surface area contributed by atoms with Crippen LogP contribution in [0.2, 0.25) is 0 Å². The molecule has 0 saturated carbocycles. The largest absolute Gasteiger partial charge is 0.352 e. The molecule has 0 unspecified atom stereocenters. The van der Waals surface area contributed by atoms with Crippen molar-refractivity contribution < 1.29 is 0 Å². The molecule has 0 spiro atoms. The molecule has 3 heteroatoms. The summed E-state index contributed by atoms with van der Waals surface area (Å²) in [7, 11) is 0. The molecule has 2 rings (SSSR count). The van der Waals surface area contributed by atoms with E-state index in [0.717, 1.165) is 25.1 Å². The molecule has 0 fully saturated rings.